The molecule has 1 saturated heterocycles. The van der Waals surface area contributed by atoms with Crippen molar-refractivity contribution in [1.82, 2.24) is 4.31 Å². The Balaban J connectivity index is 2.30. The Labute approximate surface area is 132 Å². The molecular formula is C15H22ClNO3S. The average Bonchev–Trinajstić information content (AvgIpc) is 2.54. The summed E-state index contributed by atoms with van der Waals surface area (Å²) in [6, 6.07) is 5.25. The van der Waals surface area contributed by atoms with Crippen molar-refractivity contribution in [2.75, 3.05) is 19.7 Å². The maximum absolute atomic E-state index is 12.7. The molecule has 0 spiro atoms. The number of nitrogens with zero attached hydrogens (tertiary/aromatic N) is 1. The number of morpholine rings is 1. The number of benzene rings is 1. The normalized spacial score (nSPS) is 20.6. The third-order valence-electron chi connectivity index (χ3n) is 3.90. The summed E-state index contributed by atoms with van der Waals surface area (Å²) in [5, 5.41) is 0. The van der Waals surface area contributed by atoms with E-state index in [1.807, 2.05) is 19.9 Å². The first kappa shape index (κ1) is 16.7. The first-order valence-electron chi connectivity index (χ1n) is 7.32. The predicted molar refractivity (Wildman–Crippen MR) is 84.2 cm³/mol. The van der Waals surface area contributed by atoms with Crippen LogP contribution in [0.1, 0.15) is 31.4 Å². The Morgan fingerprint density at radius 2 is 2.10 bits per heavy atom. The van der Waals surface area contributed by atoms with Crippen molar-refractivity contribution in [3.63, 3.8) is 0 Å². The fraction of sp³-hybridized carbons (Fsp3) is 0.600. The van der Waals surface area contributed by atoms with Gasteiger partial charge in [0.25, 0.3) is 0 Å². The van der Waals surface area contributed by atoms with E-state index in [-0.39, 0.29) is 6.10 Å². The highest BCUT2D eigenvalue weighted by Crippen LogP contribution is 2.23. The van der Waals surface area contributed by atoms with Crippen LogP contribution in [0.2, 0.25) is 0 Å². The van der Waals surface area contributed by atoms with Gasteiger partial charge in [0.2, 0.25) is 10.0 Å². The molecular weight excluding hydrogens is 310 g/mol. The van der Waals surface area contributed by atoms with Crippen molar-refractivity contribution in [2.45, 2.75) is 43.6 Å². The van der Waals surface area contributed by atoms with Crippen molar-refractivity contribution < 1.29 is 13.2 Å². The maximum Gasteiger partial charge on any atom is 0.243 e. The molecule has 0 saturated carbocycles. The van der Waals surface area contributed by atoms with Gasteiger partial charge in [-0.1, -0.05) is 19.9 Å². The Kier molecular flexibility index (Phi) is 5.66. The smallest absolute Gasteiger partial charge is 0.243 e. The van der Waals surface area contributed by atoms with Crippen LogP contribution in [0.3, 0.4) is 0 Å². The van der Waals surface area contributed by atoms with E-state index < -0.39 is 10.0 Å². The van der Waals surface area contributed by atoms with Gasteiger partial charge in [0.05, 0.1) is 17.6 Å². The van der Waals surface area contributed by atoms with Crippen LogP contribution in [0, 0.1) is 0 Å². The zero-order chi connectivity index (χ0) is 15.5. The van der Waals surface area contributed by atoms with Crippen LogP contribution < -0.4 is 0 Å². The number of alkyl halides is 1. The van der Waals surface area contributed by atoms with Crippen LogP contribution in [0.5, 0.6) is 0 Å². The highest BCUT2D eigenvalue weighted by Gasteiger charge is 2.30. The van der Waals surface area contributed by atoms with Crippen LogP contribution in [0.25, 0.3) is 0 Å². The summed E-state index contributed by atoms with van der Waals surface area (Å²) < 4.78 is 32.5. The lowest BCUT2D eigenvalue weighted by molar-refractivity contribution is -0.00277. The average molecular weight is 332 g/mol. The minimum atomic E-state index is -3.47. The molecule has 0 amide bonds. The van der Waals surface area contributed by atoms with Crippen molar-refractivity contribution in [2.24, 2.45) is 0 Å². The van der Waals surface area contributed by atoms with Gasteiger partial charge in [-0.05, 0) is 36.1 Å². The standard InChI is InChI=1S/C15H22ClNO3S/c1-3-12-5-6-15(9-13(12)10-16)21(18,19)17-7-8-20-14(4-2)11-17/h5-6,9,14H,3-4,7-8,10-11H2,1-2H3. The summed E-state index contributed by atoms with van der Waals surface area (Å²) in [7, 11) is -3.47. The van der Waals surface area contributed by atoms with E-state index in [1.54, 1.807) is 12.1 Å². The van der Waals surface area contributed by atoms with E-state index in [2.05, 4.69) is 0 Å². The summed E-state index contributed by atoms with van der Waals surface area (Å²) in [6.07, 6.45) is 1.64. The molecule has 21 heavy (non-hydrogen) atoms. The molecule has 6 heteroatoms. The first-order valence-corrected chi connectivity index (χ1v) is 9.29. The SMILES string of the molecule is CCc1ccc(S(=O)(=O)N2CCOC(CC)C2)cc1CCl. The Hall–Kier alpha value is -0.620. The van der Waals surface area contributed by atoms with Gasteiger partial charge in [0, 0.05) is 19.0 Å². The predicted octanol–water partition coefficient (Wildman–Crippen LogP) is 2.79. The molecule has 0 radical (unpaired) electrons. The second-order valence-electron chi connectivity index (χ2n) is 5.18. The number of hydrogen-bond donors (Lipinski definition) is 0. The van der Waals surface area contributed by atoms with E-state index in [1.165, 1.54) is 4.31 Å². The lowest BCUT2D eigenvalue weighted by Crippen LogP contribution is -2.45. The van der Waals surface area contributed by atoms with Crippen molar-refractivity contribution in [1.29, 1.82) is 0 Å². The number of sulfonamides is 1. The lowest BCUT2D eigenvalue weighted by atomic mass is 10.1. The highest BCUT2D eigenvalue weighted by atomic mass is 35.5. The van der Waals surface area contributed by atoms with E-state index >= 15 is 0 Å². The number of aryl methyl sites for hydroxylation is 1. The third kappa shape index (κ3) is 3.59. The van der Waals surface area contributed by atoms with Crippen molar-refractivity contribution >= 4 is 21.6 Å². The molecule has 0 aromatic heterocycles. The molecule has 1 unspecified atom stereocenters. The Bertz CT molecular complexity index is 589. The van der Waals surface area contributed by atoms with E-state index in [4.69, 9.17) is 16.3 Å². The summed E-state index contributed by atoms with van der Waals surface area (Å²) >= 11 is 5.94. The number of ether oxygens (including phenoxy) is 1. The Morgan fingerprint density at radius 3 is 2.71 bits per heavy atom. The molecule has 0 N–H and O–H groups in total. The molecule has 1 heterocycles. The lowest BCUT2D eigenvalue weighted by Gasteiger charge is -2.31. The molecule has 0 bridgehead atoms. The number of hydrogen-bond acceptors (Lipinski definition) is 3. The van der Waals surface area contributed by atoms with Gasteiger partial charge < -0.3 is 4.74 Å². The van der Waals surface area contributed by atoms with E-state index in [0.717, 1.165) is 24.0 Å². The molecule has 4 nitrogen and oxygen atoms in total. The van der Waals surface area contributed by atoms with Crippen LogP contribution >= 0.6 is 11.6 Å². The fourth-order valence-corrected chi connectivity index (χ4v) is 4.29. The van der Waals surface area contributed by atoms with Crippen molar-refractivity contribution in [3.8, 4) is 0 Å². The van der Waals surface area contributed by atoms with Crippen LogP contribution in [-0.4, -0.2) is 38.5 Å². The Morgan fingerprint density at radius 1 is 1.33 bits per heavy atom. The molecule has 118 valence electrons. The van der Waals surface area contributed by atoms with Gasteiger partial charge in [-0.15, -0.1) is 11.6 Å². The van der Waals surface area contributed by atoms with Gasteiger partial charge in [-0.2, -0.15) is 4.31 Å². The quantitative estimate of drug-likeness (QED) is 0.779. The van der Waals surface area contributed by atoms with E-state index in [0.29, 0.717) is 30.5 Å². The molecule has 1 aliphatic heterocycles. The maximum atomic E-state index is 12.7. The summed E-state index contributed by atoms with van der Waals surface area (Å²) in [6.45, 7) is 5.32. The zero-order valence-electron chi connectivity index (χ0n) is 12.5. The van der Waals surface area contributed by atoms with Crippen LogP contribution in [0.4, 0.5) is 0 Å². The van der Waals surface area contributed by atoms with Gasteiger partial charge >= 0.3 is 0 Å². The molecule has 0 aliphatic carbocycles. The second-order valence-corrected chi connectivity index (χ2v) is 7.39. The number of halogens is 1. The van der Waals surface area contributed by atoms with Crippen LogP contribution in [-0.2, 0) is 27.1 Å². The molecule has 1 atom stereocenters. The summed E-state index contributed by atoms with van der Waals surface area (Å²) in [5.41, 5.74) is 1.98. The van der Waals surface area contributed by atoms with Gasteiger partial charge in [0.1, 0.15) is 0 Å². The van der Waals surface area contributed by atoms with Gasteiger partial charge in [0.15, 0.2) is 0 Å². The second kappa shape index (κ2) is 7.09. The highest BCUT2D eigenvalue weighted by molar-refractivity contribution is 7.89. The number of rotatable bonds is 5. The fourth-order valence-electron chi connectivity index (χ4n) is 2.54. The molecule has 1 aromatic carbocycles. The molecule has 1 aliphatic rings. The largest absolute Gasteiger partial charge is 0.375 e. The molecule has 1 aromatic rings. The molecule has 2 rings (SSSR count). The minimum Gasteiger partial charge on any atom is -0.375 e. The summed E-state index contributed by atoms with van der Waals surface area (Å²) in [5.74, 6) is 0.327. The van der Waals surface area contributed by atoms with E-state index in [9.17, 15) is 8.42 Å². The van der Waals surface area contributed by atoms with Gasteiger partial charge in [-0.25, -0.2) is 8.42 Å². The van der Waals surface area contributed by atoms with Gasteiger partial charge in [-0.3, -0.25) is 0 Å². The minimum absolute atomic E-state index is 0.0177. The monoisotopic (exact) mass is 331 g/mol. The first-order chi connectivity index (χ1) is 10.0. The van der Waals surface area contributed by atoms with Crippen molar-refractivity contribution in [3.05, 3.63) is 29.3 Å². The van der Waals surface area contributed by atoms with Crippen LogP contribution in [0.15, 0.2) is 23.1 Å². The zero-order valence-corrected chi connectivity index (χ0v) is 14.1. The summed E-state index contributed by atoms with van der Waals surface area (Å²) in [4.78, 5) is 0.326. The third-order valence-corrected chi connectivity index (χ3v) is 6.05. The molecule has 1 fully saturated rings. The topological polar surface area (TPSA) is 46.6 Å².